The van der Waals surface area contributed by atoms with Crippen LogP contribution in [0, 0.1) is 0 Å². The molecule has 0 saturated carbocycles. The highest BCUT2D eigenvalue weighted by molar-refractivity contribution is 7.92. The second-order valence-corrected chi connectivity index (χ2v) is 6.25. The van der Waals surface area contributed by atoms with E-state index in [0.29, 0.717) is 0 Å². The molecule has 4 nitrogen and oxygen atoms in total. The lowest BCUT2D eigenvalue weighted by atomic mass is 10.1. The number of thiocarbonyl (C=S) groups is 1. The zero-order valence-corrected chi connectivity index (χ0v) is 11.7. The van der Waals surface area contributed by atoms with Gasteiger partial charge in [-0.05, 0) is 12.8 Å². The summed E-state index contributed by atoms with van der Waals surface area (Å²) in [5.41, 5.74) is 5.24. The van der Waals surface area contributed by atoms with Crippen LogP contribution in [0.3, 0.4) is 0 Å². The predicted octanol–water partition coefficient (Wildman–Crippen LogP) is 1.55. The summed E-state index contributed by atoms with van der Waals surface area (Å²) in [5, 5.41) is 0. The molecule has 6 heteroatoms. The minimum atomic E-state index is -3.35. The van der Waals surface area contributed by atoms with E-state index in [-0.39, 0.29) is 16.8 Å². The first-order chi connectivity index (χ1) is 7.41. The number of nitrogens with two attached hydrogens (primary N) is 1. The summed E-state index contributed by atoms with van der Waals surface area (Å²) in [4.78, 5) is 0.0123. The number of sulfonamides is 1. The van der Waals surface area contributed by atoms with Gasteiger partial charge in [0.15, 0.2) is 0 Å². The van der Waals surface area contributed by atoms with Gasteiger partial charge in [-0.25, -0.2) is 13.1 Å². The maximum atomic E-state index is 11.6. The van der Waals surface area contributed by atoms with Crippen molar-refractivity contribution in [3.8, 4) is 0 Å². The summed E-state index contributed by atoms with van der Waals surface area (Å²) in [6.45, 7) is 4.13. The lowest BCUT2D eigenvalue weighted by Crippen LogP contribution is -2.39. The van der Waals surface area contributed by atoms with Gasteiger partial charge >= 0.3 is 0 Å². The highest BCUT2D eigenvalue weighted by Gasteiger charge is 2.17. The second-order valence-electron chi connectivity index (χ2n) is 3.97. The summed E-state index contributed by atoms with van der Waals surface area (Å²) in [6, 6.07) is 0.0179. The quantitative estimate of drug-likeness (QED) is 0.621. The Balaban J connectivity index is 4.30. The van der Waals surface area contributed by atoms with Crippen molar-refractivity contribution in [1.82, 2.24) is 4.72 Å². The first-order valence-corrected chi connectivity index (χ1v) is 7.75. The van der Waals surface area contributed by atoms with E-state index < -0.39 is 10.0 Å². The molecule has 1 unspecified atom stereocenters. The maximum Gasteiger partial charge on any atom is 0.218 e. The van der Waals surface area contributed by atoms with Crippen LogP contribution in [0.2, 0.25) is 0 Å². The van der Waals surface area contributed by atoms with Gasteiger partial charge < -0.3 is 5.73 Å². The summed E-state index contributed by atoms with van der Waals surface area (Å²) < 4.78 is 25.9. The van der Waals surface area contributed by atoms with Gasteiger partial charge in [-0.1, -0.05) is 45.3 Å². The van der Waals surface area contributed by atoms with E-state index in [0.717, 1.165) is 32.1 Å². The van der Waals surface area contributed by atoms with Gasteiger partial charge in [0.1, 0.15) is 5.75 Å². The third-order valence-corrected chi connectivity index (χ3v) is 3.93. The summed E-state index contributed by atoms with van der Waals surface area (Å²) in [5.74, 6) is -0.255. The summed E-state index contributed by atoms with van der Waals surface area (Å²) in [7, 11) is -3.35. The standard InChI is InChI=1S/C10H22N2O2S2/c1-3-5-7-9(6-4-2)12-16(13,14)8-10(11)15/h9,12H,3-8H2,1-2H3,(H2,11,15). The molecule has 0 saturated heterocycles. The second kappa shape index (κ2) is 7.97. The zero-order valence-electron chi connectivity index (χ0n) is 10.0. The SMILES string of the molecule is CCCCC(CCC)NS(=O)(=O)CC(N)=S. The highest BCUT2D eigenvalue weighted by atomic mass is 32.2. The van der Waals surface area contributed by atoms with Crippen molar-refractivity contribution in [3.05, 3.63) is 0 Å². The molecule has 0 fully saturated rings. The van der Waals surface area contributed by atoms with Crippen molar-refractivity contribution in [2.75, 3.05) is 5.75 Å². The lowest BCUT2D eigenvalue weighted by molar-refractivity contribution is 0.485. The molecule has 0 aromatic carbocycles. The summed E-state index contributed by atoms with van der Waals surface area (Å²) in [6.07, 6.45) is 4.79. The third kappa shape index (κ3) is 8.01. The van der Waals surface area contributed by atoms with Crippen LogP contribution < -0.4 is 10.5 Å². The van der Waals surface area contributed by atoms with Gasteiger partial charge in [-0.3, -0.25) is 0 Å². The fourth-order valence-electron chi connectivity index (χ4n) is 1.54. The van der Waals surface area contributed by atoms with Crippen LogP contribution in [0.1, 0.15) is 46.0 Å². The molecule has 0 aromatic heterocycles. The minimum Gasteiger partial charge on any atom is -0.392 e. The van der Waals surface area contributed by atoms with Crippen LogP contribution in [-0.2, 0) is 10.0 Å². The first-order valence-electron chi connectivity index (χ1n) is 5.69. The third-order valence-electron chi connectivity index (χ3n) is 2.22. The molecule has 0 spiro atoms. The molecule has 0 aliphatic carbocycles. The first kappa shape index (κ1) is 15.8. The topological polar surface area (TPSA) is 72.2 Å². The number of hydrogen-bond acceptors (Lipinski definition) is 3. The number of nitrogens with one attached hydrogen (secondary N) is 1. The van der Waals surface area contributed by atoms with Crippen molar-refractivity contribution in [2.45, 2.75) is 52.0 Å². The van der Waals surface area contributed by atoms with E-state index in [9.17, 15) is 8.42 Å². The average Bonchev–Trinajstić information content (AvgIpc) is 2.11. The zero-order chi connectivity index (χ0) is 12.6. The van der Waals surface area contributed by atoms with Crippen molar-refractivity contribution >= 4 is 27.2 Å². The Kier molecular flexibility index (Phi) is 7.87. The van der Waals surface area contributed by atoms with Crippen LogP contribution in [-0.4, -0.2) is 25.2 Å². The normalized spacial score (nSPS) is 13.6. The number of rotatable bonds is 9. The fraction of sp³-hybridized carbons (Fsp3) is 0.900. The predicted molar refractivity (Wildman–Crippen MR) is 71.9 cm³/mol. The van der Waals surface area contributed by atoms with E-state index in [4.69, 9.17) is 5.73 Å². The Morgan fingerprint density at radius 2 is 1.94 bits per heavy atom. The van der Waals surface area contributed by atoms with Crippen LogP contribution in [0.5, 0.6) is 0 Å². The van der Waals surface area contributed by atoms with E-state index in [2.05, 4.69) is 23.9 Å². The molecule has 0 bridgehead atoms. The van der Waals surface area contributed by atoms with Crippen molar-refractivity contribution in [3.63, 3.8) is 0 Å². The van der Waals surface area contributed by atoms with E-state index in [1.165, 1.54) is 0 Å². The van der Waals surface area contributed by atoms with Gasteiger partial charge in [0, 0.05) is 6.04 Å². The molecule has 3 N–H and O–H groups in total. The Labute approximate surface area is 104 Å². The molecule has 0 heterocycles. The monoisotopic (exact) mass is 266 g/mol. The molecule has 0 rings (SSSR count). The number of unbranched alkanes of at least 4 members (excludes halogenated alkanes) is 1. The fourth-order valence-corrected chi connectivity index (χ4v) is 3.21. The summed E-state index contributed by atoms with van der Waals surface area (Å²) >= 11 is 4.61. The van der Waals surface area contributed by atoms with Gasteiger partial charge in [0.25, 0.3) is 0 Å². The van der Waals surface area contributed by atoms with Crippen molar-refractivity contribution in [1.29, 1.82) is 0 Å². The molecule has 0 aliphatic rings. The van der Waals surface area contributed by atoms with Crippen LogP contribution in [0.25, 0.3) is 0 Å². The van der Waals surface area contributed by atoms with Gasteiger partial charge in [0.05, 0.1) is 4.99 Å². The van der Waals surface area contributed by atoms with E-state index in [1.807, 2.05) is 6.92 Å². The Hall–Kier alpha value is -0.200. The molecule has 1 atom stereocenters. The Bertz CT molecular complexity index is 302. The molecule has 16 heavy (non-hydrogen) atoms. The Morgan fingerprint density at radius 1 is 1.31 bits per heavy atom. The maximum absolute atomic E-state index is 11.6. The van der Waals surface area contributed by atoms with E-state index in [1.54, 1.807) is 0 Å². The van der Waals surface area contributed by atoms with Gasteiger partial charge in [0.2, 0.25) is 10.0 Å². The van der Waals surface area contributed by atoms with Crippen molar-refractivity contribution < 1.29 is 8.42 Å². The average molecular weight is 266 g/mol. The smallest absolute Gasteiger partial charge is 0.218 e. The molecule has 0 aromatic rings. The molecule has 0 aliphatic heterocycles. The Morgan fingerprint density at radius 3 is 2.38 bits per heavy atom. The molecule has 0 amide bonds. The van der Waals surface area contributed by atoms with Crippen molar-refractivity contribution in [2.24, 2.45) is 5.73 Å². The largest absolute Gasteiger partial charge is 0.392 e. The van der Waals surface area contributed by atoms with Crippen LogP contribution in [0.15, 0.2) is 0 Å². The minimum absolute atomic E-state index is 0.0123. The van der Waals surface area contributed by atoms with Gasteiger partial charge in [-0.2, -0.15) is 0 Å². The van der Waals surface area contributed by atoms with Crippen LogP contribution in [0.4, 0.5) is 0 Å². The highest BCUT2D eigenvalue weighted by Crippen LogP contribution is 2.08. The van der Waals surface area contributed by atoms with Crippen LogP contribution >= 0.6 is 12.2 Å². The lowest BCUT2D eigenvalue weighted by Gasteiger charge is -2.17. The molecule has 96 valence electrons. The molecule has 0 radical (unpaired) electrons. The van der Waals surface area contributed by atoms with E-state index >= 15 is 0 Å². The van der Waals surface area contributed by atoms with Gasteiger partial charge in [-0.15, -0.1) is 0 Å². The number of hydrogen-bond donors (Lipinski definition) is 2. The molecular formula is C10H22N2O2S2. The molecular weight excluding hydrogens is 244 g/mol.